The van der Waals surface area contributed by atoms with Gasteiger partial charge in [0.05, 0.1) is 0 Å². The molecule has 1 N–H and O–H groups in total. The summed E-state index contributed by atoms with van der Waals surface area (Å²) in [5.74, 6) is 0.862. The lowest BCUT2D eigenvalue weighted by molar-refractivity contribution is 0.281. The maximum atomic E-state index is 5.78. The Morgan fingerprint density at radius 3 is 2.44 bits per heavy atom. The van der Waals surface area contributed by atoms with E-state index in [2.05, 4.69) is 26.1 Å². The van der Waals surface area contributed by atoms with E-state index in [1.165, 1.54) is 0 Å². The molecule has 0 saturated heterocycles. The summed E-state index contributed by atoms with van der Waals surface area (Å²) in [6.07, 6.45) is 1.11. The molecular formula is C13H20ClNO. The van der Waals surface area contributed by atoms with Crippen LogP contribution in [0, 0.1) is 0 Å². The fourth-order valence-electron chi connectivity index (χ4n) is 1.21. The van der Waals surface area contributed by atoms with E-state index in [1.807, 2.05) is 24.3 Å². The molecule has 0 bridgehead atoms. The zero-order valence-corrected chi connectivity index (χ0v) is 11.0. The molecule has 0 amide bonds. The summed E-state index contributed by atoms with van der Waals surface area (Å²) in [5, 5.41) is 4.17. The van der Waals surface area contributed by atoms with Gasteiger partial charge in [0.1, 0.15) is 12.4 Å². The van der Waals surface area contributed by atoms with Gasteiger partial charge in [0.2, 0.25) is 0 Å². The van der Waals surface area contributed by atoms with Crippen LogP contribution in [0.3, 0.4) is 0 Å². The number of hydrogen-bond acceptors (Lipinski definition) is 2. The third-order valence-corrected chi connectivity index (χ3v) is 2.92. The first kappa shape index (κ1) is 13.3. The minimum absolute atomic E-state index is 0.184. The Labute approximate surface area is 103 Å². The third kappa shape index (κ3) is 4.86. The van der Waals surface area contributed by atoms with Crippen LogP contribution in [-0.4, -0.2) is 18.7 Å². The monoisotopic (exact) mass is 241 g/mol. The molecule has 0 unspecified atom stereocenters. The molecule has 0 heterocycles. The van der Waals surface area contributed by atoms with E-state index in [1.54, 1.807) is 0 Å². The summed E-state index contributed by atoms with van der Waals surface area (Å²) in [4.78, 5) is 0. The summed E-state index contributed by atoms with van der Waals surface area (Å²) >= 11 is 5.78. The normalized spacial score (nSPS) is 11.5. The maximum absolute atomic E-state index is 5.78. The van der Waals surface area contributed by atoms with Gasteiger partial charge in [-0.25, -0.2) is 0 Å². The lowest BCUT2D eigenvalue weighted by Gasteiger charge is -2.24. The molecule has 0 aliphatic rings. The van der Waals surface area contributed by atoms with Crippen LogP contribution in [0.25, 0.3) is 0 Å². The van der Waals surface area contributed by atoms with Gasteiger partial charge in [-0.3, -0.25) is 0 Å². The number of nitrogens with one attached hydrogen (secondary N) is 1. The van der Waals surface area contributed by atoms with Gasteiger partial charge in [0, 0.05) is 17.1 Å². The SMILES string of the molecule is CCC(C)(C)NCCOc1ccc(Cl)cc1. The van der Waals surface area contributed by atoms with E-state index in [9.17, 15) is 0 Å². The summed E-state index contributed by atoms with van der Waals surface area (Å²) in [6, 6.07) is 7.43. The van der Waals surface area contributed by atoms with Crippen molar-refractivity contribution in [2.45, 2.75) is 32.7 Å². The summed E-state index contributed by atoms with van der Waals surface area (Å²) in [5.41, 5.74) is 0.184. The van der Waals surface area contributed by atoms with Gasteiger partial charge in [-0.1, -0.05) is 18.5 Å². The molecule has 1 aromatic carbocycles. The van der Waals surface area contributed by atoms with E-state index >= 15 is 0 Å². The predicted octanol–water partition coefficient (Wildman–Crippen LogP) is 3.50. The smallest absolute Gasteiger partial charge is 0.119 e. The Kier molecular flexibility index (Phi) is 5.10. The van der Waals surface area contributed by atoms with E-state index in [4.69, 9.17) is 16.3 Å². The highest BCUT2D eigenvalue weighted by molar-refractivity contribution is 6.30. The van der Waals surface area contributed by atoms with Crippen molar-refractivity contribution in [1.29, 1.82) is 0 Å². The minimum Gasteiger partial charge on any atom is -0.492 e. The van der Waals surface area contributed by atoms with E-state index in [-0.39, 0.29) is 5.54 Å². The Morgan fingerprint density at radius 2 is 1.88 bits per heavy atom. The fraction of sp³-hybridized carbons (Fsp3) is 0.538. The quantitative estimate of drug-likeness (QED) is 0.770. The number of halogens is 1. The van der Waals surface area contributed by atoms with Crippen molar-refractivity contribution in [2.75, 3.05) is 13.2 Å². The van der Waals surface area contributed by atoms with Crippen LogP contribution < -0.4 is 10.1 Å². The molecule has 0 radical (unpaired) electrons. The molecule has 0 atom stereocenters. The molecule has 2 nitrogen and oxygen atoms in total. The highest BCUT2D eigenvalue weighted by Crippen LogP contribution is 2.15. The number of hydrogen-bond donors (Lipinski definition) is 1. The molecule has 90 valence electrons. The molecule has 16 heavy (non-hydrogen) atoms. The van der Waals surface area contributed by atoms with Crippen LogP contribution in [0.2, 0.25) is 5.02 Å². The van der Waals surface area contributed by atoms with E-state index < -0.39 is 0 Å². The van der Waals surface area contributed by atoms with Crippen LogP contribution in [0.4, 0.5) is 0 Å². The van der Waals surface area contributed by atoms with Crippen molar-refractivity contribution >= 4 is 11.6 Å². The molecule has 0 spiro atoms. The zero-order chi connectivity index (χ0) is 12.0. The third-order valence-electron chi connectivity index (χ3n) is 2.67. The summed E-state index contributed by atoms with van der Waals surface area (Å²) < 4.78 is 5.58. The highest BCUT2D eigenvalue weighted by Gasteiger charge is 2.12. The standard InChI is InChI=1S/C13H20ClNO/c1-4-13(2,3)15-9-10-16-12-7-5-11(14)6-8-12/h5-8,15H,4,9-10H2,1-3H3. The van der Waals surface area contributed by atoms with Gasteiger partial charge in [-0.2, -0.15) is 0 Å². The average Bonchev–Trinajstić information content (AvgIpc) is 2.27. The fourth-order valence-corrected chi connectivity index (χ4v) is 1.34. The first-order valence-corrected chi connectivity index (χ1v) is 6.05. The Morgan fingerprint density at radius 1 is 1.25 bits per heavy atom. The number of benzene rings is 1. The van der Waals surface area contributed by atoms with Gasteiger partial charge in [-0.05, 0) is 44.5 Å². The lowest BCUT2D eigenvalue weighted by Crippen LogP contribution is -2.40. The molecular weight excluding hydrogens is 222 g/mol. The molecule has 1 rings (SSSR count). The van der Waals surface area contributed by atoms with Gasteiger partial charge in [0.25, 0.3) is 0 Å². The van der Waals surface area contributed by atoms with E-state index in [0.717, 1.165) is 23.7 Å². The lowest BCUT2D eigenvalue weighted by atomic mass is 10.0. The Balaban J connectivity index is 2.23. The maximum Gasteiger partial charge on any atom is 0.119 e. The minimum atomic E-state index is 0.184. The molecule has 0 fully saturated rings. The zero-order valence-electron chi connectivity index (χ0n) is 10.2. The van der Waals surface area contributed by atoms with Gasteiger partial charge in [0.15, 0.2) is 0 Å². The summed E-state index contributed by atoms with van der Waals surface area (Å²) in [6.45, 7) is 8.08. The molecule has 0 aliphatic heterocycles. The molecule has 3 heteroatoms. The van der Waals surface area contributed by atoms with Crippen molar-refractivity contribution in [1.82, 2.24) is 5.32 Å². The van der Waals surface area contributed by atoms with Gasteiger partial charge < -0.3 is 10.1 Å². The first-order chi connectivity index (χ1) is 7.53. The van der Waals surface area contributed by atoms with Crippen molar-refractivity contribution in [3.8, 4) is 5.75 Å². The largest absolute Gasteiger partial charge is 0.492 e. The van der Waals surface area contributed by atoms with Crippen LogP contribution in [0.5, 0.6) is 5.75 Å². The second-order valence-electron chi connectivity index (χ2n) is 4.47. The second-order valence-corrected chi connectivity index (χ2v) is 4.90. The van der Waals surface area contributed by atoms with Gasteiger partial charge in [-0.15, -0.1) is 0 Å². The van der Waals surface area contributed by atoms with Gasteiger partial charge >= 0.3 is 0 Å². The van der Waals surface area contributed by atoms with Crippen LogP contribution >= 0.6 is 11.6 Å². The molecule has 0 saturated carbocycles. The average molecular weight is 242 g/mol. The van der Waals surface area contributed by atoms with Crippen molar-refractivity contribution in [3.63, 3.8) is 0 Å². The predicted molar refractivity (Wildman–Crippen MR) is 69.3 cm³/mol. The molecule has 1 aromatic rings. The van der Waals surface area contributed by atoms with Crippen molar-refractivity contribution in [3.05, 3.63) is 29.3 Å². The first-order valence-electron chi connectivity index (χ1n) is 5.67. The Bertz CT molecular complexity index is 308. The van der Waals surface area contributed by atoms with Crippen molar-refractivity contribution in [2.24, 2.45) is 0 Å². The number of ether oxygens (including phenoxy) is 1. The summed E-state index contributed by atoms with van der Waals surface area (Å²) in [7, 11) is 0. The van der Waals surface area contributed by atoms with Crippen molar-refractivity contribution < 1.29 is 4.74 Å². The van der Waals surface area contributed by atoms with E-state index in [0.29, 0.717) is 6.61 Å². The highest BCUT2D eigenvalue weighted by atomic mass is 35.5. The molecule has 0 aliphatic carbocycles. The Hall–Kier alpha value is -0.730. The van der Waals surface area contributed by atoms with Crippen LogP contribution in [0.15, 0.2) is 24.3 Å². The molecule has 0 aromatic heterocycles. The van der Waals surface area contributed by atoms with Crippen LogP contribution in [-0.2, 0) is 0 Å². The number of rotatable bonds is 6. The topological polar surface area (TPSA) is 21.3 Å². The second kappa shape index (κ2) is 6.12. The van der Waals surface area contributed by atoms with Crippen LogP contribution in [0.1, 0.15) is 27.2 Å².